The van der Waals surface area contributed by atoms with Gasteiger partial charge in [-0.05, 0) is 27.7 Å². The monoisotopic (exact) mass is 251 g/mol. The van der Waals surface area contributed by atoms with E-state index in [2.05, 4.69) is 20.6 Å². The van der Waals surface area contributed by atoms with Crippen molar-refractivity contribution in [3.05, 3.63) is 11.8 Å². The first-order valence-corrected chi connectivity index (χ1v) is 5.98. The maximum Gasteiger partial charge on any atom is 0.224 e. The van der Waals surface area contributed by atoms with Crippen molar-refractivity contribution in [2.75, 3.05) is 17.2 Å². The smallest absolute Gasteiger partial charge is 0.224 e. The largest absolute Gasteiger partial charge is 0.370 e. The van der Waals surface area contributed by atoms with Crippen LogP contribution in [-0.2, 0) is 4.79 Å². The minimum absolute atomic E-state index is 0.243. The van der Waals surface area contributed by atoms with Crippen LogP contribution in [0.1, 0.15) is 32.8 Å². The predicted molar refractivity (Wildman–Crippen MR) is 72.4 cm³/mol. The molecule has 4 N–H and O–H groups in total. The number of hydrogen-bond acceptors (Lipinski definition) is 5. The van der Waals surface area contributed by atoms with Crippen LogP contribution in [0.2, 0.25) is 0 Å². The number of anilines is 2. The summed E-state index contributed by atoms with van der Waals surface area (Å²) >= 11 is 0. The first kappa shape index (κ1) is 14.2. The molecule has 1 heterocycles. The second-order valence-electron chi connectivity index (χ2n) is 4.91. The number of carbonyl (C=O) groups is 1. The van der Waals surface area contributed by atoms with Gasteiger partial charge in [0.1, 0.15) is 5.82 Å². The van der Waals surface area contributed by atoms with E-state index in [-0.39, 0.29) is 12.3 Å². The van der Waals surface area contributed by atoms with Gasteiger partial charge in [0.05, 0.1) is 0 Å². The van der Waals surface area contributed by atoms with Crippen molar-refractivity contribution in [2.45, 2.75) is 39.7 Å². The van der Waals surface area contributed by atoms with E-state index in [1.165, 1.54) is 0 Å². The molecule has 0 spiro atoms. The topological polar surface area (TPSA) is 92.9 Å². The number of aryl methyl sites for hydroxylation is 1. The lowest BCUT2D eigenvalue weighted by Gasteiger charge is -2.26. The summed E-state index contributed by atoms with van der Waals surface area (Å²) in [6.07, 6.45) is 1.99. The fourth-order valence-corrected chi connectivity index (χ4v) is 1.61. The Labute approximate surface area is 107 Å². The molecule has 1 rings (SSSR count). The highest BCUT2D eigenvalue weighted by Gasteiger charge is 2.21. The highest BCUT2D eigenvalue weighted by Crippen LogP contribution is 2.20. The van der Waals surface area contributed by atoms with Gasteiger partial charge in [0.2, 0.25) is 11.9 Å². The van der Waals surface area contributed by atoms with Gasteiger partial charge >= 0.3 is 0 Å². The van der Waals surface area contributed by atoms with E-state index in [1.54, 1.807) is 6.20 Å². The number of nitrogens with two attached hydrogens (primary N) is 1. The Balaban J connectivity index is 2.88. The maximum absolute atomic E-state index is 11.0. The van der Waals surface area contributed by atoms with Crippen molar-refractivity contribution < 1.29 is 4.79 Å². The van der Waals surface area contributed by atoms with Gasteiger partial charge in [0, 0.05) is 30.3 Å². The molecule has 0 aliphatic rings. The van der Waals surface area contributed by atoms with Gasteiger partial charge in [0.25, 0.3) is 0 Å². The molecule has 0 aromatic carbocycles. The quantitative estimate of drug-likeness (QED) is 0.708. The van der Waals surface area contributed by atoms with E-state index in [1.807, 2.05) is 27.7 Å². The van der Waals surface area contributed by atoms with Crippen LogP contribution < -0.4 is 16.4 Å². The number of carbonyl (C=O) groups excluding carboxylic acids is 1. The number of nitrogens with zero attached hydrogens (tertiary/aromatic N) is 2. The molecule has 0 saturated carbocycles. The van der Waals surface area contributed by atoms with Crippen molar-refractivity contribution in [1.82, 2.24) is 9.97 Å². The SMILES string of the molecule is CCNc1ncc(C)c(NC(C)(C)CC(N)=O)n1. The van der Waals surface area contributed by atoms with Gasteiger partial charge in [0.15, 0.2) is 0 Å². The van der Waals surface area contributed by atoms with E-state index < -0.39 is 5.54 Å². The molecule has 6 heteroatoms. The average Bonchev–Trinajstić information content (AvgIpc) is 2.21. The van der Waals surface area contributed by atoms with Crippen LogP contribution >= 0.6 is 0 Å². The first-order chi connectivity index (χ1) is 8.34. The molecule has 18 heavy (non-hydrogen) atoms. The fourth-order valence-electron chi connectivity index (χ4n) is 1.61. The Bertz CT molecular complexity index is 430. The summed E-state index contributed by atoms with van der Waals surface area (Å²) in [7, 11) is 0. The molecule has 0 fully saturated rings. The Morgan fingerprint density at radius 3 is 2.72 bits per heavy atom. The van der Waals surface area contributed by atoms with Gasteiger partial charge in [-0.2, -0.15) is 4.98 Å². The first-order valence-electron chi connectivity index (χ1n) is 5.98. The summed E-state index contributed by atoms with van der Waals surface area (Å²) in [4.78, 5) is 19.5. The van der Waals surface area contributed by atoms with Gasteiger partial charge in [-0.25, -0.2) is 4.98 Å². The number of primary amides is 1. The molecule has 1 amide bonds. The standard InChI is InChI=1S/C12H21N5O/c1-5-14-11-15-7-8(2)10(16-11)17-12(3,4)6-9(13)18/h7H,5-6H2,1-4H3,(H2,13,18)(H2,14,15,16,17). The predicted octanol–water partition coefficient (Wildman–Crippen LogP) is 1.28. The molecule has 100 valence electrons. The third-order valence-electron chi connectivity index (χ3n) is 2.38. The highest BCUT2D eigenvalue weighted by molar-refractivity contribution is 5.75. The third-order valence-corrected chi connectivity index (χ3v) is 2.38. The molecular formula is C12H21N5O. The lowest BCUT2D eigenvalue weighted by molar-refractivity contribution is -0.118. The lowest BCUT2D eigenvalue weighted by atomic mass is 10.00. The number of nitrogens with one attached hydrogen (secondary N) is 2. The normalized spacial score (nSPS) is 11.1. The summed E-state index contributed by atoms with van der Waals surface area (Å²) in [6, 6.07) is 0. The number of amides is 1. The molecule has 1 aromatic heterocycles. The molecule has 0 atom stereocenters. The Morgan fingerprint density at radius 2 is 2.17 bits per heavy atom. The molecule has 1 aromatic rings. The lowest BCUT2D eigenvalue weighted by Crippen LogP contribution is -2.36. The van der Waals surface area contributed by atoms with Crippen molar-refractivity contribution in [3.63, 3.8) is 0 Å². The van der Waals surface area contributed by atoms with Crippen LogP contribution in [0.15, 0.2) is 6.20 Å². The van der Waals surface area contributed by atoms with Gasteiger partial charge in [-0.1, -0.05) is 0 Å². The Hall–Kier alpha value is -1.85. The van der Waals surface area contributed by atoms with Crippen LogP contribution in [0.3, 0.4) is 0 Å². The third kappa shape index (κ3) is 4.20. The second-order valence-corrected chi connectivity index (χ2v) is 4.91. The van der Waals surface area contributed by atoms with E-state index >= 15 is 0 Å². The maximum atomic E-state index is 11.0. The summed E-state index contributed by atoms with van der Waals surface area (Å²) in [5.74, 6) is 0.943. The van der Waals surface area contributed by atoms with E-state index in [4.69, 9.17) is 5.73 Å². The second kappa shape index (κ2) is 5.66. The van der Waals surface area contributed by atoms with Crippen molar-refractivity contribution in [1.29, 1.82) is 0 Å². The summed E-state index contributed by atoms with van der Waals surface area (Å²) < 4.78 is 0. The molecule has 6 nitrogen and oxygen atoms in total. The van der Waals surface area contributed by atoms with E-state index in [9.17, 15) is 4.79 Å². The van der Waals surface area contributed by atoms with Gasteiger partial charge < -0.3 is 16.4 Å². The van der Waals surface area contributed by atoms with Crippen molar-refractivity contribution >= 4 is 17.7 Å². The summed E-state index contributed by atoms with van der Waals surface area (Å²) in [6.45, 7) is 8.47. The van der Waals surface area contributed by atoms with Crippen molar-refractivity contribution in [2.24, 2.45) is 5.73 Å². The van der Waals surface area contributed by atoms with Gasteiger partial charge in [-0.3, -0.25) is 4.79 Å². The van der Waals surface area contributed by atoms with Gasteiger partial charge in [-0.15, -0.1) is 0 Å². The minimum Gasteiger partial charge on any atom is -0.370 e. The molecule has 0 unspecified atom stereocenters. The number of rotatable bonds is 6. The van der Waals surface area contributed by atoms with E-state index in [0.717, 1.165) is 12.1 Å². The Morgan fingerprint density at radius 1 is 1.50 bits per heavy atom. The molecular weight excluding hydrogens is 230 g/mol. The van der Waals surface area contributed by atoms with Crippen LogP contribution in [0.4, 0.5) is 11.8 Å². The number of aromatic nitrogens is 2. The minimum atomic E-state index is -0.436. The summed E-state index contributed by atoms with van der Waals surface area (Å²) in [5.41, 5.74) is 5.71. The van der Waals surface area contributed by atoms with Crippen LogP contribution in [0, 0.1) is 6.92 Å². The Kier molecular flexibility index (Phi) is 4.47. The van der Waals surface area contributed by atoms with Crippen molar-refractivity contribution in [3.8, 4) is 0 Å². The molecule has 0 aliphatic carbocycles. The van der Waals surface area contributed by atoms with Crippen LogP contribution in [0.25, 0.3) is 0 Å². The molecule has 0 radical (unpaired) electrons. The van der Waals surface area contributed by atoms with Crippen LogP contribution in [-0.4, -0.2) is 28.0 Å². The zero-order valence-corrected chi connectivity index (χ0v) is 11.4. The zero-order valence-electron chi connectivity index (χ0n) is 11.4. The molecule has 0 bridgehead atoms. The fraction of sp³-hybridized carbons (Fsp3) is 0.583. The van der Waals surface area contributed by atoms with Crippen LogP contribution in [0.5, 0.6) is 0 Å². The zero-order chi connectivity index (χ0) is 13.8. The average molecular weight is 251 g/mol. The highest BCUT2D eigenvalue weighted by atomic mass is 16.1. The molecule has 0 saturated heterocycles. The number of hydrogen-bond donors (Lipinski definition) is 3. The summed E-state index contributed by atoms with van der Waals surface area (Å²) in [5, 5.41) is 6.27. The molecule has 0 aliphatic heterocycles. The van der Waals surface area contributed by atoms with E-state index in [0.29, 0.717) is 11.8 Å².